The Morgan fingerprint density at radius 2 is 1.76 bits per heavy atom. The van der Waals surface area contributed by atoms with Crippen LogP contribution in [0.15, 0.2) is 48.5 Å². The fourth-order valence-corrected chi connectivity index (χ4v) is 4.43. The molecular formula is C20H17NO3S. The Hall–Kier alpha value is -2.40. The number of imide groups is 1. The van der Waals surface area contributed by atoms with Crippen molar-refractivity contribution in [1.82, 2.24) is 5.32 Å². The van der Waals surface area contributed by atoms with Crippen LogP contribution in [-0.2, 0) is 24.1 Å². The molecule has 5 heteroatoms. The average molecular weight is 351 g/mol. The molecule has 2 amide bonds. The molecule has 1 fully saturated rings. The van der Waals surface area contributed by atoms with Crippen molar-refractivity contribution >= 4 is 28.7 Å². The third-order valence-electron chi connectivity index (χ3n) is 4.79. The van der Waals surface area contributed by atoms with Gasteiger partial charge in [0, 0.05) is 11.5 Å². The number of rotatable bonds is 4. The zero-order valence-electron chi connectivity index (χ0n) is 13.5. The predicted octanol–water partition coefficient (Wildman–Crippen LogP) is 3.18. The zero-order valence-corrected chi connectivity index (χ0v) is 14.3. The number of hydrogen-bond acceptors (Lipinski definition) is 4. The van der Waals surface area contributed by atoms with Crippen molar-refractivity contribution in [2.24, 2.45) is 5.92 Å². The Kier molecular flexibility index (Phi) is 4.17. The molecule has 1 heterocycles. The van der Waals surface area contributed by atoms with Crippen LogP contribution in [0.3, 0.4) is 0 Å². The summed E-state index contributed by atoms with van der Waals surface area (Å²) in [4.78, 5) is 35.6. The van der Waals surface area contributed by atoms with Gasteiger partial charge in [0.2, 0.25) is 5.91 Å². The third kappa shape index (κ3) is 3.24. The lowest BCUT2D eigenvalue weighted by atomic mass is 9.96. The molecule has 25 heavy (non-hydrogen) atoms. The number of Topliss-reactive ketones (excluding diaryl/α,β-unsaturated/α-hetero) is 1. The topological polar surface area (TPSA) is 63.2 Å². The van der Waals surface area contributed by atoms with E-state index in [0.29, 0.717) is 6.42 Å². The van der Waals surface area contributed by atoms with Crippen LogP contribution >= 0.6 is 11.8 Å². The zero-order chi connectivity index (χ0) is 17.4. The summed E-state index contributed by atoms with van der Waals surface area (Å²) >= 11 is 1.04. The Bertz CT molecular complexity index is 862. The largest absolute Gasteiger partial charge is 0.294 e. The van der Waals surface area contributed by atoms with E-state index in [1.54, 1.807) is 0 Å². The lowest BCUT2D eigenvalue weighted by Gasteiger charge is -2.07. The first kappa shape index (κ1) is 16.1. The molecule has 2 aliphatic rings. The van der Waals surface area contributed by atoms with Gasteiger partial charge in [-0.25, -0.2) is 0 Å². The van der Waals surface area contributed by atoms with Crippen LogP contribution in [0.4, 0.5) is 4.79 Å². The van der Waals surface area contributed by atoms with Crippen molar-refractivity contribution in [3.8, 4) is 0 Å². The van der Waals surface area contributed by atoms with Gasteiger partial charge in [-0.3, -0.25) is 19.7 Å². The number of ketones is 1. The molecule has 2 aromatic rings. The van der Waals surface area contributed by atoms with E-state index < -0.39 is 0 Å². The van der Waals surface area contributed by atoms with Gasteiger partial charge < -0.3 is 0 Å². The minimum absolute atomic E-state index is 0.0154. The van der Waals surface area contributed by atoms with Gasteiger partial charge in [0.1, 0.15) is 0 Å². The summed E-state index contributed by atoms with van der Waals surface area (Å²) in [6.45, 7) is 0. The summed E-state index contributed by atoms with van der Waals surface area (Å²) in [5.74, 6) is -0.0412. The van der Waals surface area contributed by atoms with Gasteiger partial charge >= 0.3 is 0 Å². The predicted molar refractivity (Wildman–Crippen MR) is 96.7 cm³/mol. The van der Waals surface area contributed by atoms with Crippen molar-refractivity contribution in [2.75, 3.05) is 0 Å². The van der Waals surface area contributed by atoms with Crippen LogP contribution in [0.25, 0.3) is 0 Å². The van der Waals surface area contributed by atoms with E-state index in [2.05, 4.69) is 17.4 Å². The number of nitrogens with one attached hydrogen (secondary N) is 1. The van der Waals surface area contributed by atoms with Gasteiger partial charge in [-0.15, -0.1) is 0 Å². The number of thioether (sulfide) groups is 1. The van der Waals surface area contributed by atoms with Crippen LogP contribution in [0.5, 0.6) is 0 Å². The lowest BCUT2D eigenvalue weighted by Crippen LogP contribution is -2.25. The van der Waals surface area contributed by atoms with E-state index in [-0.39, 0.29) is 28.1 Å². The third-order valence-corrected chi connectivity index (χ3v) is 5.77. The molecule has 0 aromatic heterocycles. The molecule has 4 rings (SSSR count). The molecule has 0 radical (unpaired) electrons. The average Bonchev–Trinajstić information content (AvgIpc) is 3.07. The lowest BCUT2D eigenvalue weighted by molar-refractivity contribution is -0.118. The second-order valence-electron chi connectivity index (χ2n) is 6.53. The van der Waals surface area contributed by atoms with Gasteiger partial charge in [-0.2, -0.15) is 0 Å². The highest BCUT2D eigenvalue weighted by Crippen LogP contribution is 2.31. The Balaban J connectivity index is 1.49. The number of hydrogen-bond donors (Lipinski definition) is 1. The SMILES string of the molecule is O=C1NC(=O)C(Cc2ccc3c(c2)CC(Cc2ccccc2)C3=O)S1. The van der Waals surface area contributed by atoms with E-state index in [9.17, 15) is 14.4 Å². The fraction of sp³-hybridized carbons (Fsp3) is 0.250. The number of fused-ring (bicyclic) bond motifs is 1. The maximum Gasteiger partial charge on any atom is 0.286 e. The minimum Gasteiger partial charge on any atom is -0.294 e. The molecular weight excluding hydrogens is 334 g/mol. The second kappa shape index (κ2) is 6.48. The first-order valence-corrected chi connectivity index (χ1v) is 9.19. The molecule has 4 nitrogen and oxygen atoms in total. The molecule has 1 saturated heterocycles. The molecule has 0 saturated carbocycles. The van der Waals surface area contributed by atoms with Crippen LogP contribution < -0.4 is 5.32 Å². The van der Waals surface area contributed by atoms with Crippen LogP contribution in [0.1, 0.15) is 27.0 Å². The van der Waals surface area contributed by atoms with Crippen molar-refractivity contribution < 1.29 is 14.4 Å². The normalized spacial score (nSPS) is 22.2. The van der Waals surface area contributed by atoms with Crippen LogP contribution in [-0.4, -0.2) is 22.2 Å². The van der Waals surface area contributed by atoms with E-state index >= 15 is 0 Å². The highest BCUT2D eigenvalue weighted by atomic mass is 32.2. The second-order valence-corrected chi connectivity index (χ2v) is 7.71. The van der Waals surface area contributed by atoms with E-state index in [1.165, 1.54) is 5.56 Å². The van der Waals surface area contributed by atoms with Crippen LogP contribution in [0, 0.1) is 5.92 Å². The molecule has 2 aromatic carbocycles. The summed E-state index contributed by atoms with van der Waals surface area (Å²) in [7, 11) is 0. The molecule has 0 spiro atoms. The summed E-state index contributed by atoms with van der Waals surface area (Å²) < 4.78 is 0. The molecule has 0 bridgehead atoms. The molecule has 2 unspecified atom stereocenters. The first-order valence-electron chi connectivity index (χ1n) is 8.31. The summed E-state index contributed by atoms with van der Waals surface area (Å²) in [6, 6.07) is 15.9. The maximum atomic E-state index is 12.6. The Labute approximate surface area is 150 Å². The first-order chi connectivity index (χ1) is 12.1. The monoisotopic (exact) mass is 351 g/mol. The standard InChI is InChI=1S/C20H17NO3S/c22-18-15(8-12-4-2-1-3-5-12)11-14-9-13(6-7-16(14)18)10-17-19(23)21-20(24)25-17/h1-7,9,15,17H,8,10-11H2,(H,21,23,24). The smallest absolute Gasteiger partial charge is 0.286 e. The van der Waals surface area contributed by atoms with Gasteiger partial charge in [-0.05, 0) is 36.0 Å². The van der Waals surface area contributed by atoms with Crippen molar-refractivity contribution in [3.05, 3.63) is 70.8 Å². The molecule has 1 aliphatic carbocycles. The Morgan fingerprint density at radius 1 is 0.960 bits per heavy atom. The van der Waals surface area contributed by atoms with E-state index in [4.69, 9.17) is 0 Å². The van der Waals surface area contributed by atoms with Crippen molar-refractivity contribution in [3.63, 3.8) is 0 Å². The minimum atomic E-state index is -0.372. The highest BCUT2D eigenvalue weighted by molar-refractivity contribution is 8.15. The quantitative estimate of drug-likeness (QED) is 0.919. The number of carbonyl (C=O) groups excluding carboxylic acids is 3. The van der Waals surface area contributed by atoms with Crippen LogP contribution in [0.2, 0.25) is 0 Å². The summed E-state index contributed by atoms with van der Waals surface area (Å²) in [5.41, 5.74) is 4.02. The number of benzene rings is 2. The van der Waals surface area contributed by atoms with Crippen molar-refractivity contribution in [2.45, 2.75) is 24.5 Å². The van der Waals surface area contributed by atoms with Gasteiger partial charge in [-0.1, -0.05) is 60.3 Å². The molecule has 2 atom stereocenters. The van der Waals surface area contributed by atoms with Gasteiger partial charge in [0.15, 0.2) is 5.78 Å². The summed E-state index contributed by atoms with van der Waals surface area (Å²) in [5, 5.41) is 1.66. The number of carbonyl (C=O) groups is 3. The highest BCUT2D eigenvalue weighted by Gasteiger charge is 2.33. The van der Waals surface area contributed by atoms with Crippen molar-refractivity contribution in [1.29, 1.82) is 0 Å². The molecule has 126 valence electrons. The maximum absolute atomic E-state index is 12.6. The number of amides is 2. The fourth-order valence-electron chi connectivity index (χ4n) is 3.57. The van der Waals surface area contributed by atoms with Gasteiger partial charge in [0.05, 0.1) is 5.25 Å². The molecule has 1 N–H and O–H groups in total. The van der Waals surface area contributed by atoms with E-state index in [0.717, 1.165) is 41.3 Å². The summed E-state index contributed by atoms with van der Waals surface area (Å²) in [6.07, 6.45) is 1.99. The Morgan fingerprint density at radius 3 is 2.48 bits per heavy atom. The van der Waals surface area contributed by atoms with E-state index in [1.807, 2.05) is 36.4 Å². The van der Waals surface area contributed by atoms with Gasteiger partial charge in [0.25, 0.3) is 5.24 Å². The molecule has 1 aliphatic heterocycles.